The van der Waals surface area contributed by atoms with Crippen molar-refractivity contribution < 1.29 is 18.0 Å². The van der Waals surface area contributed by atoms with E-state index in [1.165, 1.54) is 24.3 Å². The largest absolute Gasteiger partial charge is 0.347 e. The first-order chi connectivity index (χ1) is 13.7. The van der Waals surface area contributed by atoms with Crippen molar-refractivity contribution in [3.8, 4) is 0 Å². The molecular formula is C20H19N3O4S2. The van der Waals surface area contributed by atoms with Gasteiger partial charge in [-0.2, -0.15) is 0 Å². The van der Waals surface area contributed by atoms with E-state index in [0.29, 0.717) is 17.1 Å². The van der Waals surface area contributed by atoms with Gasteiger partial charge in [-0.25, -0.2) is 13.4 Å². The third-order valence-corrected chi connectivity index (χ3v) is 6.23. The number of anilines is 1. The van der Waals surface area contributed by atoms with Gasteiger partial charge >= 0.3 is 0 Å². The summed E-state index contributed by atoms with van der Waals surface area (Å²) in [6.07, 6.45) is 1.08. The molecule has 2 N–H and O–H groups in total. The van der Waals surface area contributed by atoms with E-state index < -0.39 is 15.7 Å². The molecule has 0 radical (unpaired) electrons. The Morgan fingerprint density at radius 2 is 1.76 bits per heavy atom. The molecule has 0 unspecified atom stereocenters. The molecule has 1 heterocycles. The highest BCUT2D eigenvalue weighted by molar-refractivity contribution is 7.90. The monoisotopic (exact) mass is 429 g/mol. The van der Waals surface area contributed by atoms with Gasteiger partial charge in [0.25, 0.3) is 11.8 Å². The number of hydrogen-bond acceptors (Lipinski definition) is 6. The lowest BCUT2D eigenvalue weighted by molar-refractivity contribution is 0.0953. The summed E-state index contributed by atoms with van der Waals surface area (Å²) < 4.78 is 23.3. The van der Waals surface area contributed by atoms with Crippen LogP contribution >= 0.6 is 11.3 Å². The average Bonchev–Trinajstić information content (AvgIpc) is 3.06. The number of carbonyl (C=O) groups is 2. The fraction of sp³-hybridized carbons (Fsp3) is 0.150. The van der Waals surface area contributed by atoms with Crippen LogP contribution in [-0.2, 0) is 16.4 Å². The summed E-state index contributed by atoms with van der Waals surface area (Å²) in [6.45, 7) is 2.07. The first kappa shape index (κ1) is 20.7. The Labute approximate surface area is 172 Å². The van der Waals surface area contributed by atoms with Crippen molar-refractivity contribution in [1.82, 2.24) is 10.3 Å². The van der Waals surface area contributed by atoms with Gasteiger partial charge in [0, 0.05) is 18.4 Å². The molecule has 0 spiro atoms. The topological polar surface area (TPSA) is 105 Å². The van der Waals surface area contributed by atoms with Crippen LogP contribution in [0.15, 0.2) is 59.5 Å². The molecule has 3 rings (SSSR count). The molecule has 2 amide bonds. The summed E-state index contributed by atoms with van der Waals surface area (Å²) in [5, 5.41) is 5.72. The smallest absolute Gasteiger partial charge is 0.263 e. The van der Waals surface area contributed by atoms with Crippen molar-refractivity contribution in [2.24, 2.45) is 0 Å². The summed E-state index contributed by atoms with van der Waals surface area (Å²) >= 11 is 1.06. The molecule has 2 aromatic carbocycles. The van der Waals surface area contributed by atoms with Gasteiger partial charge in [0.1, 0.15) is 4.88 Å². The van der Waals surface area contributed by atoms with E-state index in [-0.39, 0.29) is 21.5 Å². The quantitative estimate of drug-likeness (QED) is 0.627. The maximum atomic E-state index is 12.5. The minimum absolute atomic E-state index is 0.0569. The van der Waals surface area contributed by atoms with Gasteiger partial charge in [0.15, 0.2) is 15.0 Å². The third kappa shape index (κ3) is 5.27. The Morgan fingerprint density at radius 3 is 2.45 bits per heavy atom. The number of sulfone groups is 1. The van der Waals surface area contributed by atoms with Crippen LogP contribution in [0.25, 0.3) is 0 Å². The molecule has 0 aliphatic carbocycles. The van der Waals surface area contributed by atoms with Crippen molar-refractivity contribution in [2.75, 3.05) is 11.6 Å². The van der Waals surface area contributed by atoms with Gasteiger partial charge in [-0.05, 0) is 30.7 Å². The first-order valence-electron chi connectivity index (χ1n) is 8.65. The van der Waals surface area contributed by atoms with E-state index in [0.717, 1.165) is 23.2 Å². The van der Waals surface area contributed by atoms with Crippen LogP contribution < -0.4 is 10.6 Å². The van der Waals surface area contributed by atoms with Gasteiger partial charge in [-0.15, -0.1) is 0 Å². The maximum absolute atomic E-state index is 12.5. The molecule has 0 atom stereocenters. The summed E-state index contributed by atoms with van der Waals surface area (Å²) in [5.41, 5.74) is 1.67. The van der Waals surface area contributed by atoms with Crippen molar-refractivity contribution in [1.29, 1.82) is 0 Å². The Bertz CT molecular complexity index is 1160. The normalized spacial score (nSPS) is 11.1. The molecule has 0 bridgehead atoms. The van der Waals surface area contributed by atoms with Gasteiger partial charge in [-0.1, -0.05) is 47.7 Å². The van der Waals surface area contributed by atoms with Crippen molar-refractivity contribution in [3.05, 3.63) is 76.3 Å². The molecule has 0 fully saturated rings. The molecule has 1 aromatic heterocycles. The first-order valence-corrected chi connectivity index (χ1v) is 11.4. The predicted molar refractivity (Wildman–Crippen MR) is 112 cm³/mol. The lowest BCUT2D eigenvalue weighted by Gasteiger charge is -2.04. The lowest BCUT2D eigenvalue weighted by Crippen LogP contribution is -2.22. The molecule has 3 aromatic rings. The van der Waals surface area contributed by atoms with E-state index in [2.05, 4.69) is 15.6 Å². The Hall–Kier alpha value is -3.04. The molecule has 0 saturated carbocycles. The minimum atomic E-state index is -3.42. The molecule has 0 saturated heterocycles. The number of aromatic nitrogens is 1. The second-order valence-corrected chi connectivity index (χ2v) is 9.37. The fourth-order valence-corrected chi connectivity index (χ4v) is 4.10. The van der Waals surface area contributed by atoms with Gasteiger partial charge < -0.3 is 5.32 Å². The molecule has 150 valence electrons. The Kier molecular flexibility index (Phi) is 6.09. The SMILES string of the molecule is Cc1nc(NC(=O)c2cccc(S(C)(=O)=O)c2)sc1C(=O)NCc1ccccc1. The number of benzene rings is 2. The highest BCUT2D eigenvalue weighted by Crippen LogP contribution is 2.23. The predicted octanol–water partition coefficient (Wildman–Crippen LogP) is 3.04. The van der Waals surface area contributed by atoms with E-state index >= 15 is 0 Å². The molecule has 9 heteroatoms. The van der Waals surface area contributed by atoms with Crippen LogP contribution in [0.5, 0.6) is 0 Å². The lowest BCUT2D eigenvalue weighted by atomic mass is 10.2. The standard InChI is InChI=1S/C20H19N3O4S2/c1-13-17(19(25)21-12-14-7-4-3-5-8-14)28-20(22-13)23-18(24)15-9-6-10-16(11-15)29(2,26)27/h3-11H,12H2,1-2H3,(H,21,25)(H,22,23,24). The summed E-state index contributed by atoms with van der Waals surface area (Å²) in [4.78, 5) is 29.6. The van der Waals surface area contributed by atoms with Gasteiger partial charge in [-0.3, -0.25) is 14.9 Å². The van der Waals surface area contributed by atoms with Gasteiger partial charge in [0.2, 0.25) is 0 Å². The number of thiazole rings is 1. The van der Waals surface area contributed by atoms with Crippen molar-refractivity contribution in [3.63, 3.8) is 0 Å². The minimum Gasteiger partial charge on any atom is -0.347 e. The molecule has 7 nitrogen and oxygen atoms in total. The number of carbonyl (C=O) groups excluding carboxylic acids is 2. The van der Waals surface area contributed by atoms with Crippen LogP contribution in [0.2, 0.25) is 0 Å². The zero-order valence-electron chi connectivity index (χ0n) is 15.8. The van der Waals surface area contributed by atoms with Crippen LogP contribution in [-0.4, -0.2) is 31.5 Å². The van der Waals surface area contributed by atoms with Crippen LogP contribution in [0.4, 0.5) is 5.13 Å². The number of nitrogens with one attached hydrogen (secondary N) is 2. The fourth-order valence-electron chi connectivity index (χ4n) is 2.56. The maximum Gasteiger partial charge on any atom is 0.263 e. The van der Waals surface area contributed by atoms with Crippen LogP contribution in [0.3, 0.4) is 0 Å². The molecule has 29 heavy (non-hydrogen) atoms. The highest BCUT2D eigenvalue weighted by atomic mass is 32.2. The van der Waals surface area contributed by atoms with Crippen molar-refractivity contribution in [2.45, 2.75) is 18.4 Å². The second kappa shape index (κ2) is 8.54. The summed E-state index contributed by atoms with van der Waals surface area (Å²) in [6, 6.07) is 15.3. The van der Waals surface area contributed by atoms with Crippen LogP contribution in [0.1, 0.15) is 31.3 Å². The molecular weight excluding hydrogens is 410 g/mol. The zero-order valence-corrected chi connectivity index (χ0v) is 17.4. The number of rotatable bonds is 6. The Balaban J connectivity index is 1.70. The highest BCUT2D eigenvalue weighted by Gasteiger charge is 2.18. The number of nitrogens with zero attached hydrogens (tertiary/aromatic N) is 1. The molecule has 0 aliphatic rings. The molecule has 0 aliphatic heterocycles. The van der Waals surface area contributed by atoms with E-state index in [1.54, 1.807) is 6.92 Å². The van der Waals surface area contributed by atoms with E-state index in [9.17, 15) is 18.0 Å². The van der Waals surface area contributed by atoms with Crippen LogP contribution in [0, 0.1) is 6.92 Å². The summed E-state index contributed by atoms with van der Waals surface area (Å²) in [7, 11) is -3.42. The Morgan fingerprint density at radius 1 is 1.03 bits per heavy atom. The summed E-state index contributed by atoms with van der Waals surface area (Å²) in [5.74, 6) is -0.774. The van der Waals surface area contributed by atoms with Gasteiger partial charge in [0.05, 0.1) is 10.6 Å². The average molecular weight is 430 g/mol. The third-order valence-electron chi connectivity index (χ3n) is 4.04. The van der Waals surface area contributed by atoms with E-state index in [1.807, 2.05) is 30.3 Å². The number of hydrogen-bond donors (Lipinski definition) is 2. The second-order valence-electron chi connectivity index (χ2n) is 6.36. The zero-order chi connectivity index (χ0) is 21.0. The van der Waals surface area contributed by atoms with E-state index in [4.69, 9.17) is 0 Å². The number of amides is 2. The van der Waals surface area contributed by atoms with Crippen molar-refractivity contribution >= 4 is 38.1 Å². The number of aryl methyl sites for hydroxylation is 1.